The molecule has 1 heterocycles. The third-order valence-electron chi connectivity index (χ3n) is 5.57. The van der Waals surface area contributed by atoms with Crippen LogP contribution < -0.4 is 5.32 Å². The minimum absolute atomic E-state index is 0.0154. The van der Waals surface area contributed by atoms with Gasteiger partial charge in [-0.25, -0.2) is 9.59 Å². The molecule has 2 aromatic carbocycles. The average Bonchev–Trinajstić information content (AvgIpc) is 3.13. The summed E-state index contributed by atoms with van der Waals surface area (Å²) >= 11 is 0. The first-order valence-corrected chi connectivity index (χ1v) is 10.2. The van der Waals surface area contributed by atoms with Gasteiger partial charge in [0.15, 0.2) is 0 Å². The van der Waals surface area contributed by atoms with Gasteiger partial charge in [0, 0.05) is 4.92 Å². The summed E-state index contributed by atoms with van der Waals surface area (Å²) in [5.74, 6) is -2.90. The van der Waals surface area contributed by atoms with Crippen molar-refractivity contribution in [1.29, 1.82) is 0 Å². The molecule has 164 valence electrons. The molecule has 0 aliphatic carbocycles. The predicted molar refractivity (Wildman–Crippen MR) is 113 cm³/mol. The number of hydrogen-bond acceptors (Lipinski definition) is 7. The average molecular weight is 426 g/mol. The Balaban J connectivity index is 2.26. The molecule has 1 aliphatic heterocycles. The third-order valence-corrected chi connectivity index (χ3v) is 5.57. The molecule has 8 nitrogen and oxygen atoms in total. The number of nitrogens with zero attached hydrogens (tertiary/aromatic N) is 1. The Labute approximate surface area is 180 Å². The summed E-state index contributed by atoms with van der Waals surface area (Å²) in [6.07, 6.45) is 0. The van der Waals surface area contributed by atoms with Crippen LogP contribution in [0.3, 0.4) is 0 Å². The highest BCUT2D eigenvalue weighted by Crippen LogP contribution is 2.47. The van der Waals surface area contributed by atoms with E-state index < -0.39 is 40.4 Å². The summed E-state index contributed by atoms with van der Waals surface area (Å²) < 4.78 is 10.5. The number of hydrogen-bond donors (Lipinski definition) is 1. The Bertz CT molecular complexity index is 926. The van der Waals surface area contributed by atoms with Crippen molar-refractivity contribution >= 4 is 11.9 Å². The molecule has 31 heavy (non-hydrogen) atoms. The molecule has 3 atom stereocenters. The Hall–Kier alpha value is -3.26. The van der Waals surface area contributed by atoms with Crippen molar-refractivity contribution < 1.29 is 24.0 Å². The van der Waals surface area contributed by atoms with Gasteiger partial charge in [0.05, 0.1) is 19.1 Å². The normalized spacial score (nSPS) is 22.0. The highest BCUT2D eigenvalue weighted by molar-refractivity contribution is 6.07. The first kappa shape index (κ1) is 22.4. The van der Waals surface area contributed by atoms with Crippen molar-refractivity contribution in [2.75, 3.05) is 13.2 Å². The monoisotopic (exact) mass is 426 g/mol. The van der Waals surface area contributed by atoms with Crippen LogP contribution in [0.25, 0.3) is 0 Å². The van der Waals surface area contributed by atoms with Crippen molar-refractivity contribution in [2.45, 2.75) is 44.3 Å². The summed E-state index contributed by atoms with van der Waals surface area (Å²) in [7, 11) is 0. The molecule has 0 amide bonds. The van der Waals surface area contributed by atoms with E-state index in [2.05, 4.69) is 5.32 Å². The van der Waals surface area contributed by atoms with E-state index in [9.17, 15) is 19.7 Å². The van der Waals surface area contributed by atoms with E-state index in [0.29, 0.717) is 11.1 Å². The highest BCUT2D eigenvalue weighted by atomic mass is 16.6. The van der Waals surface area contributed by atoms with Crippen LogP contribution in [-0.4, -0.2) is 41.7 Å². The summed E-state index contributed by atoms with van der Waals surface area (Å²) in [5, 5.41) is 15.3. The molecule has 0 saturated carbocycles. The zero-order valence-electron chi connectivity index (χ0n) is 17.7. The molecule has 1 saturated heterocycles. The minimum Gasteiger partial charge on any atom is -0.464 e. The SMILES string of the molecule is CCOC(=O)C1(C(=O)OCC)N[C@H](c2ccc(C)cc2)[C@H]([N+](=O)[O-])[C@H]1c1ccccc1. The Morgan fingerprint density at radius 2 is 1.52 bits per heavy atom. The van der Waals surface area contributed by atoms with Crippen LogP contribution >= 0.6 is 0 Å². The molecular formula is C23H26N2O6. The molecule has 1 aliphatic rings. The van der Waals surface area contributed by atoms with Gasteiger partial charge in [0.2, 0.25) is 11.6 Å². The number of rotatable bonds is 7. The minimum atomic E-state index is -2.05. The van der Waals surface area contributed by atoms with Gasteiger partial charge >= 0.3 is 11.9 Å². The Morgan fingerprint density at radius 1 is 0.968 bits per heavy atom. The van der Waals surface area contributed by atoms with Crippen molar-refractivity contribution in [2.24, 2.45) is 0 Å². The smallest absolute Gasteiger partial charge is 0.339 e. The number of esters is 2. The zero-order valence-corrected chi connectivity index (χ0v) is 17.7. The molecule has 0 aromatic heterocycles. The maximum atomic E-state index is 13.3. The lowest BCUT2D eigenvalue weighted by atomic mass is 9.77. The number of carbonyl (C=O) groups excluding carboxylic acids is 2. The fraction of sp³-hybridized carbons (Fsp3) is 0.391. The van der Waals surface area contributed by atoms with E-state index in [1.165, 1.54) is 0 Å². The first-order chi connectivity index (χ1) is 14.9. The molecule has 0 unspecified atom stereocenters. The van der Waals surface area contributed by atoms with Crippen LogP contribution in [0.15, 0.2) is 54.6 Å². The molecule has 1 fully saturated rings. The molecule has 0 spiro atoms. The first-order valence-electron chi connectivity index (χ1n) is 10.2. The molecule has 1 N–H and O–H groups in total. The van der Waals surface area contributed by atoms with E-state index in [1.807, 2.05) is 19.1 Å². The molecular weight excluding hydrogens is 400 g/mol. The van der Waals surface area contributed by atoms with Gasteiger partial charge < -0.3 is 9.47 Å². The lowest BCUT2D eigenvalue weighted by molar-refractivity contribution is -0.527. The van der Waals surface area contributed by atoms with Crippen LogP contribution in [0.4, 0.5) is 0 Å². The van der Waals surface area contributed by atoms with E-state index >= 15 is 0 Å². The standard InChI is InChI=1S/C23H26N2O6/c1-4-30-21(26)23(22(27)31-5-2)18(16-9-7-6-8-10-16)20(25(28)29)19(24-23)17-13-11-15(3)12-14-17/h6-14,18-20,24H,4-5H2,1-3H3/t18-,19-,20-/m1/s1. The number of benzene rings is 2. The van der Waals surface area contributed by atoms with Gasteiger partial charge in [-0.1, -0.05) is 60.2 Å². The summed E-state index contributed by atoms with van der Waals surface area (Å²) in [4.78, 5) is 38.4. The van der Waals surface area contributed by atoms with Crippen LogP contribution in [0.1, 0.15) is 42.5 Å². The van der Waals surface area contributed by atoms with Crippen molar-refractivity contribution in [3.05, 3.63) is 81.4 Å². The molecule has 2 aromatic rings. The lowest BCUT2D eigenvalue weighted by Crippen LogP contribution is -2.60. The lowest BCUT2D eigenvalue weighted by Gasteiger charge is -2.30. The maximum absolute atomic E-state index is 13.3. The molecule has 8 heteroatoms. The maximum Gasteiger partial charge on any atom is 0.339 e. The van der Waals surface area contributed by atoms with Gasteiger partial charge in [0.25, 0.3) is 0 Å². The van der Waals surface area contributed by atoms with Gasteiger partial charge in [-0.15, -0.1) is 0 Å². The second kappa shape index (κ2) is 9.26. The summed E-state index contributed by atoms with van der Waals surface area (Å²) in [6, 6.07) is 13.5. The number of nitrogens with one attached hydrogen (secondary N) is 1. The van der Waals surface area contributed by atoms with Gasteiger partial charge in [-0.05, 0) is 31.9 Å². The molecule has 0 bridgehead atoms. The number of carbonyl (C=O) groups is 2. The summed E-state index contributed by atoms with van der Waals surface area (Å²) in [5.41, 5.74) is 0.0119. The second-order valence-electron chi connectivity index (χ2n) is 7.45. The fourth-order valence-corrected chi connectivity index (χ4v) is 4.22. The second-order valence-corrected chi connectivity index (χ2v) is 7.45. The fourth-order valence-electron chi connectivity index (χ4n) is 4.22. The zero-order chi connectivity index (χ0) is 22.6. The van der Waals surface area contributed by atoms with Crippen LogP contribution in [-0.2, 0) is 19.1 Å². The van der Waals surface area contributed by atoms with Gasteiger partial charge in [0.1, 0.15) is 6.04 Å². The predicted octanol–water partition coefficient (Wildman–Crippen LogP) is 2.93. The van der Waals surface area contributed by atoms with Crippen molar-refractivity contribution in [3.8, 4) is 0 Å². The van der Waals surface area contributed by atoms with Crippen molar-refractivity contribution in [3.63, 3.8) is 0 Å². The number of nitro groups is 1. The van der Waals surface area contributed by atoms with Crippen LogP contribution in [0.2, 0.25) is 0 Å². The summed E-state index contributed by atoms with van der Waals surface area (Å²) in [6.45, 7) is 5.17. The Kier molecular flexibility index (Phi) is 6.70. The van der Waals surface area contributed by atoms with Crippen molar-refractivity contribution in [1.82, 2.24) is 5.32 Å². The van der Waals surface area contributed by atoms with Gasteiger partial charge in [-0.2, -0.15) is 0 Å². The van der Waals surface area contributed by atoms with E-state index in [1.54, 1.807) is 56.3 Å². The molecule has 0 radical (unpaired) electrons. The van der Waals surface area contributed by atoms with Crippen LogP contribution in [0, 0.1) is 17.0 Å². The highest BCUT2D eigenvalue weighted by Gasteiger charge is 2.69. The van der Waals surface area contributed by atoms with E-state index in [0.717, 1.165) is 5.56 Å². The number of aryl methyl sites for hydroxylation is 1. The Morgan fingerprint density at radius 3 is 2.00 bits per heavy atom. The topological polar surface area (TPSA) is 108 Å². The largest absolute Gasteiger partial charge is 0.464 e. The molecule has 3 rings (SSSR count). The third kappa shape index (κ3) is 4.03. The quantitative estimate of drug-likeness (QED) is 0.314. The van der Waals surface area contributed by atoms with E-state index in [-0.39, 0.29) is 13.2 Å². The van der Waals surface area contributed by atoms with E-state index in [4.69, 9.17) is 9.47 Å². The van der Waals surface area contributed by atoms with Crippen LogP contribution in [0.5, 0.6) is 0 Å². The van der Waals surface area contributed by atoms with Gasteiger partial charge in [-0.3, -0.25) is 15.4 Å². The number of ether oxygens (including phenoxy) is 2.